The lowest BCUT2D eigenvalue weighted by atomic mass is 9.93. The Hall–Kier alpha value is -3.91. The molecular formula is C39H55Cl2N2O10+. The molecule has 0 aliphatic carbocycles. The minimum Gasteiger partial charge on any atom is -1.00 e. The molecule has 0 bridgehead atoms. The lowest BCUT2D eigenvalue weighted by molar-refractivity contribution is -0.923. The van der Waals surface area contributed by atoms with Crippen LogP contribution in [0.5, 0.6) is 0 Å². The van der Waals surface area contributed by atoms with Crippen molar-refractivity contribution < 1.29 is 69.3 Å². The summed E-state index contributed by atoms with van der Waals surface area (Å²) in [5.41, 5.74) is 1.44. The van der Waals surface area contributed by atoms with E-state index in [-0.39, 0.29) is 51.2 Å². The monoisotopic (exact) mass is 781 g/mol. The van der Waals surface area contributed by atoms with Gasteiger partial charge in [0.1, 0.15) is 77.7 Å². The Labute approximate surface area is 325 Å². The van der Waals surface area contributed by atoms with Crippen molar-refractivity contribution in [2.24, 2.45) is 5.41 Å². The molecule has 0 saturated heterocycles. The molecule has 0 spiro atoms. The van der Waals surface area contributed by atoms with E-state index in [1.807, 2.05) is 98.0 Å². The van der Waals surface area contributed by atoms with Crippen molar-refractivity contribution in [3.63, 3.8) is 0 Å². The second-order valence-corrected chi connectivity index (χ2v) is 13.5. The lowest BCUT2D eigenvalue weighted by Gasteiger charge is -2.34. The molecular weight excluding hydrogens is 727 g/mol. The molecule has 53 heavy (non-hydrogen) atoms. The number of ether oxygens (including phenoxy) is 6. The molecule has 0 aliphatic heterocycles. The summed E-state index contributed by atoms with van der Waals surface area (Å²) in [6.45, 7) is 4.57. The minimum absolute atomic E-state index is 0. The summed E-state index contributed by atoms with van der Waals surface area (Å²) in [7, 11) is 5.68. The van der Waals surface area contributed by atoms with E-state index in [9.17, 15) is 19.5 Å². The van der Waals surface area contributed by atoms with Gasteiger partial charge < -0.3 is 54.9 Å². The van der Waals surface area contributed by atoms with Gasteiger partial charge in [0, 0.05) is 18.2 Å². The van der Waals surface area contributed by atoms with Crippen LogP contribution in [-0.2, 0) is 52.9 Å². The first kappa shape index (κ1) is 47.1. The van der Waals surface area contributed by atoms with Gasteiger partial charge in [0.15, 0.2) is 0 Å². The number of aliphatic hydroxyl groups is 1. The second-order valence-electron chi connectivity index (χ2n) is 13.5. The Bertz CT molecular complexity index is 1470. The molecule has 3 aromatic rings. The van der Waals surface area contributed by atoms with E-state index in [2.05, 4.69) is 7.05 Å². The van der Waals surface area contributed by atoms with E-state index in [4.69, 9.17) is 28.4 Å². The van der Waals surface area contributed by atoms with Crippen molar-refractivity contribution in [1.29, 1.82) is 0 Å². The number of esters is 1. The highest BCUT2D eigenvalue weighted by atomic mass is 35.5. The zero-order chi connectivity index (χ0) is 37.0. The van der Waals surface area contributed by atoms with Gasteiger partial charge in [-0.05, 0) is 12.5 Å². The van der Waals surface area contributed by atoms with Gasteiger partial charge in [0.25, 0.3) is 0 Å². The molecule has 0 aromatic heterocycles. The van der Waals surface area contributed by atoms with Gasteiger partial charge in [-0.1, -0.05) is 91.0 Å². The summed E-state index contributed by atoms with van der Waals surface area (Å²) < 4.78 is 33.4. The van der Waals surface area contributed by atoms with Crippen LogP contribution in [0.25, 0.3) is 0 Å². The Balaban J connectivity index is 0.00000702. The normalized spacial score (nSPS) is 14.1. The molecule has 12 nitrogen and oxygen atoms in total. The fourth-order valence-corrected chi connectivity index (χ4v) is 5.42. The number of nitrogens with zero attached hydrogens (tertiary/aromatic N) is 2. The highest BCUT2D eigenvalue weighted by molar-refractivity contribution is 5.85. The molecule has 3 aromatic carbocycles. The summed E-state index contributed by atoms with van der Waals surface area (Å²) >= 11 is 0. The summed E-state index contributed by atoms with van der Waals surface area (Å²) in [5.74, 6) is -0.728. The standard InChI is InChI=1S/C39H54N2O10.2ClH/c1-39(36(43)49-30-35-18-12-7-13-19-35,31-50-37(44)47-26-22-40(2,20-24-42)28-33-14-8-5-9-15-33)32-51-38(45)48-27-23-41(3,21-25-46-4)29-34-16-10-6-11-17-34;;/h5-19,42H,20-32H2,1-4H3;2*1H/q+2;;/p-1. The van der Waals surface area contributed by atoms with Gasteiger partial charge in [0.05, 0.1) is 27.3 Å². The molecule has 3 unspecified atom stereocenters. The summed E-state index contributed by atoms with van der Waals surface area (Å²) in [4.78, 5) is 38.8. The highest BCUT2D eigenvalue weighted by Crippen LogP contribution is 2.22. The third-order valence-electron chi connectivity index (χ3n) is 8.71. The Kier molecular flexibility index (Phi) is 21.7. The van der Waals surface area contributed by atoms with E-state index in [1.165, 1.54) is 6.92 Å². The van der Waals surface area contributed by atoms with E-state index < -0.39 is 36.9 Å². The lowest BCUT2D eigenvalue weighted by Crippen LogP contribution is -3.00. The van der Waals surface area contributed by atoms with Crippen molar-refractivity contribution in [2.75, 3.05) is 87.0 Å². The topological polar surface area (TPSA) is 127 Å². The van der Waals surface area contributed by atoms with E-state index >= 15 is 0 Å². The van der Waals surface area contributed by atoms with Crippen molar-refractivity contribution >= 4 is 30.7 Å². The van der Waals surface area contributed by atoms with Crippen LogP contribution in [0.3, 0.4) is 0 Å². The van der Waals surface area contributed by atoms with Crippen LogP contribution in [-0.4, -0.2) is 119 Å². The Morgan fingerprint density at radius 1 is 0.604 bits per heavy atom. The minimum atomic E-state index is -1.56. The molecule has 0 radical (unpaired) electrons. The van der Waals surface area contributed by atoms with Crippen molar-refractivity contribution in [2.45, 2.75) is 26.6 Å². The van der Waals surface area contributed by atoms with Gasteiger partial charge in [0.2, 0.25) is 0 Å². The largest absolute Gasteiger partial charge is 1.00 e. The van der Waals surface area contributed by atoms with Crippen LogP contribution in [0.4, 0.5) is 9.59 Å². The molecule has 0 heterocycles. The third kappa shape index (κ3) is 17.6. The van der Waals surface area contributed by atoms with Crippen molar-refractivity contribution in [1.82, 2.24) is 0 Å². The number of aliphatic hydroxyl groups excluding tert-OH is 1. The zero-order valence-electron chi connectivity index (χ0n) is 31.2. The van der Waals surface area contributed by atoms with Crippen molar-refractivity contribution in [3.8, 4) is 0 Å². The summed E-state index contributed by atoms with van der Waals surface area (Å²) in [6, 6.07) is 29.0. The number of quaternary nitrogens is 2. The number of likely N-dealkylation sites (N-methyl/N-ethyl adjacent to an activating group) is 2. The molecule has 3 rings (SSSR count). The summed E-state index contributed by atoms with van der Waals surface area (Å²) in [5, 5.41) is 9.65. The number of hydrogen-bond acceptors (Lipinski definition) is 10. The van der Waals surface area contributed by atoms with Crippen LogP contribution in [0.15, 0.2) is 91.0 Å². The molecule has 1 N–H and O–H groups in total. The zero-order valence-corrected chi connectivity index (χ0v) is 32.7. The molecule has 14 heteroatoms. The van der Waals surface area contributed by atoms with Crippen LogP contribution >= 0.6 is 12.4 Å². The molecule has 294 valence electrons. The Morgan fingerprint density at radius 2 is 1.00 bits per heavy atom. The predicted molar refractivity (Wildman–Crippen MR) is 197 cm³/mol. The maximum atomic E-state index is 13.3. The van der Waals surface area contributed by atoms with Crippen LogP contribution in [0, 0.1) is 5.41 Å². The fourth-order valence-electron chi connectivity index (χ4n) is 5.42. The predicted octanol–water partition coefficient (Wildman–Crippen LogP) is 2.40. The highest BCUT2D eigenvalue weighted by Gasteiger charge is 2.39. The number of halogens is 2. The van der Waals surface area contributed by atoms with Gasteiger partial charge in [-0.2, -0.15) is 0 Å². The van der Waals surface area contributed by atoms with Gasteiger partial charge in [-0.3, -0.25) is 4.79 Å². The number of carbonyl (C=O) groups excluding carboxylic acids is 3. The number of rotatable bonds is 22. The fraction of sp³-hybridized carbons (Fsp3) is 0.462. The molecule has 0 fully saturated rings. The smallest absolute Gasteiger partial charge is 0.508 e. The van der Waals surface area contributed by atoms with E-state index in [0.717, 1.165) is 16.7 Å². The number of methoxy groups -OCH3 is 1. The van der Waals surface area contributed by atoms with Gasteiger partial charge in [-0.25, -0.2) is 9.59 Å². The average molecular weight is 783 g/mol. The molecule has 0 amide bonds. The van der Waals surface area contributed by atoms with Crippen molar-refractivity contribution in [3.05, 3.63) is 108 Å². The number of hydrogen-bond donors (Lipinski definition) is 1. The quantitative estimate of drug-likeness (QED) is 0.0924. The maximum absolute atomic E-state index is 13.3. The molecule has 0 saturated carbocycles. The van der Waals surface area contributed by atoms with Gasteiger partial charge >= 0.3 is 18.3 Å². The molecule has 3 atom stereocenters. The summed E-state index contributed by atoms with van der Waals surface area (Å²) in [6.07, 6.45) is -1.95. The first-order valence-electron chi connectivity index (χ1n) is 17.1. The molecule has 0 aliphatic rings. The first-order valence-corrected chi connectivity index (χ1v) is 17.1. The first-order chi connectivity index (χ1) is 24.5. The van der Waals surface area contributed by atoms with E-state index in [1.54, 1.807) is 7.11 Å². The third-order valence-corrected chi connectivity index (χ3v) is 8.71. The second kappa shape index (κ2) is 24.4. The number of carbonyl (C=O) groups is 3. The van der Waals surface area contributed by atoms with Crippen LogP contribution < -0.4 is 12.4 Å². The number of benzene rings is 3. The van der Waals surface area contributed by atoms with E-state index in [0.29, 0.717) is 54.8 Å². The van der Waals surface area contributed by atoms with Crippen LogP contribution in [0.2, 0.25) is 0 Å². The maximum Gasteiger partial charge on any atom is 0.508 e. The van der Waals surface area contributed by atoms with Gasteiger partial charge in [-0.15, -0.1) is 12.4 Å². The Morgan fingerprint density at radius 3 is 1.42 bits per heavy atom. The van der Waals surface area contributed by atoms with Crippen LogP contribution in [0.1, 0.15) is 23.6 Å². The SMILES string of the molecule is COCC[N+](C)(CCOC(=O)OCC(C)(COC(=O)OCC[N+](C)(CCO)Cc1ccccc1)C(=O)OCc1ccccc1)Cc1ccccc1.Cl.[Cl-]. The average Bonchev–Trinajstić information content (AvgIpc) is 3.12.